The molecule has 1 aromatic heterocycles. The van der Waals surface area contributed by atoms with E-state index in [0.717, 1.165) is 0 Å². The zero-order chi connectivity index (χ0) is 17.5. The van der Waals surface area contributed by atoms with E-state index < -0.39 is 0 Å². The van der Waals surface area contributed by atoms with Crippen molar-refractivity contribution < 1.29 is 9.59 Å². The van der Waals surface area contributed by atoms with Crippen molar-refractivity contribution in [2.45, 2.75) is 13.3 Å². The fourth-order valence-electron chi connectivity index (χ4n) is 2.05. The van der Waals surface area contributed by atoms with E-state index in [4.69, 9.17) is 23.2 Å². The predicted molar refractivity (Wildman–Crippen MR) is 93.3 cm³/mol. The molecule has 0 bridgehead atoms. The molecule has 0 atom stereocenters. The normalized spacial score (nSPS) is 10.3. The molecule has 0 aliphatic rings. The van der Waals surface area contributed by atoms with Crippen molar-refractivity contribution in [2.75, 3.05) is 18.4 Å². The molecule has 0 unspecified atom stereocenters. The van der Waals surface area contributed by atoms with Gasteiger partial charge in [0.25, 0.3) is 5.91 Å². The molecule has 2 amide bonds. The first kappa shape index (κ1) is 18.2. The number of nitrogens with zero attached hydrogens (tertiary/aromatic N) is 3. The number of carbonyl (C=O) groups is 2. The Bertz CT molecular complexity index is 725. The lowest BCUT2D eigenvalue weighted by molar-refractivity contribution is -0.116. The molecule has 24 heavy (non-hydrogen) atoms. The fraction of sp³-hybridized carbons (Fsp3) is 0.250. The van der Waals surface area contributed by atoms with Gasteiger partial charge in [-0.3, -0.25) is 14.6 Å². The van der Waals surface area contributed by atoms with Crippen LogP contribution < -0.4 is 5.32 Å². The van der Waals surface area contributed by atoms with E-state index in [0.29, 0.717) is 28.7 Å². The van der Waals surface area contributed by atoms with Crippen molar-refractivity contribution in [2.24, 2.45) is 0 Å². The molecular weight excluding hydrogens is 351 g/mol. The minimum absolute atomic E-state index is 0.109. The van der Waals surface area contributed by atoms with Crippen LogP contribution in [-0.2, 0) is 4.79 Å². The Hall–Kier alpha value is -2.18. The summed E-state index contributed by atoms with van der Waals surface area (Å²) in [4.78, 5) is 33.9. The Kier molecular flexibility index (Phi) is 6.52. The van der Waals surface area contributed by atoms with Gasteiger partial charge in [-0.2, -0.15) is 0 Å². The number of benzene rings is 1. The lowest BCUT2D eigenvalue weighted by Crippen LogP contribution is -2.39. The third-order valence-electron chi connectivity index (χ3n) is 3.10. The summed E-state index contributed by atoms with van der Waals surface area (Å²) in [7, 11) is 0. The standard InChI is InChI=1S/C16H16Cl2N4O2/c1-2-7-22(16(24)14-9-19-5-6-20-14)10-15(23)21-13-4-3-11(17)8-12(13)18/h3-6,8-9H,2,7,10H2,1H3,(H,21,23). The highest BCUT2D eigenvalue weighted by Crippen LogP contribution is 2.25. The largest absolute Gasteiger partial charge is 0.328 e. The van der Waals surface area contributed by atoms with E-state index in [-0.39, 0.29) is 24.1 Å². The number of amides is 2. The Morgan fingerprint density at radius 3 is 2.67 bits per heavy atom. The van der Waals surface area contributed by atoms with E-state index in [9.17, 15) is 9.59 Å². The number of rotatable bonds is 6. The second-order valence-electron chi connectivity index (χ2n) is 4.99. The van der Waals surface area contributed by atoms with Crippen LogP contribution in [0.1, 0.15) is 23.8 Å². The summed E-state index contributed by atoms with van der Waals surface area (Å²) in [6, 6.07) is 4.77. The molecule has 0 radical (unpaired) electrons. The Balaban J connectivity index is 2.07. The number of aromatic nitrogens is 2. The Morgan fingerprint density at radius 1 is 1.25 bits per heavy atom. The van der Waals surface area contributed by atoms with Gasteiger partial charge in [0.15, 0.2) is 0 Å². The Labute approximate surface area is 149 Å². The van der Waals surface area contributed by atoms with Crippen LogP contribution in [0.15, 0.2) is 36.8 Å². The smallest absolute Gasteiger partial charge is 0.274 e. The average Bonchev–Trinajstić information content (AvgIpc) is 2.57. The Morgan fingerprint density at radius 2 is 2.04 bits per heavy atom. The summed E-state index contributed by atoms with van der Waals surface area (Å²) in [5.41, 5.74) is 0.637. The highest BCUT2D eigenvalue weighted by molar-refractivity contribution is 6.36. The van der Waals surface area contributed by atoms with E-state index in [1.54, 1.807) is 12.1 Å². The second-order valence-corrected chi connectivity index (χ2v) is 5.83. The van der Waals surface area contributed by atoms with Crippen LogP contribution in [0.4, 0.5) is 5.69 Å². The molecule has 0 aliphatic heterocycles. The van der Waals surface area contributed by atoms with Gasteiger partial charge in [-0.1, -0.05) is 30.1 Å². The lowest BCUT2D eigenvalue weighted by atomic mass is 10.3. The second kappa shape index (κ2) is 8.61. The van der Waals surface area contributed by atoms with E-state index >= 15 is 0 Å². The highest BCUT2D eigenvalue weighted by Gasteiger charge is 2.19. The first-order valence-electron chi connectivity index (χ1n) is 7.31. The van der Waals surface area contributed by atoms with Gasteiger partial charge in [-0.25, -0.2) is 4.98 Å². The quantitative estimate of drug-likeness (QED) is 0.850. The number of nitrogens with one attached hydrogen (secondary N) is 1. The highest BCUT2D eigenvalue weighted by atomic mass is 35.5. The summed E-state index contributed by atoms with van der Waals surface area (Å²) in [6.07, 6.45) is 5.00. The maximum absolute atomic E-state index is 12.4. The van der Waals surface area contributed by atoms with Crippen molar-refractivity contribution in [3.63, 3.8) is 0 Å². The van der Waals surface area contributed by atoms with Gasteiger partial charge >= 0.3 is 0 Å². The number of anilines is 1. The fourth-order valence-corrected chi connectivity index (χ4v) is 2.50. The maximum Gasteiger partial charge on any atom is 0.274 e. The van der Waals surface area contributed by atoms with Crippen molar-refractivity contribution in [3.8, 4) is 0 Å². The van der Waals surface area contributed by atoms with E-state index in [1.807, 2.05) is 6.92 Å². The number of hydrogen-bond donors (Lipinski definition) is 1. The van der Waals surface area contributed by atoms with Gasteiger partial charge in [0.2, 0.25) is 5.91 Å². The van der Waals surface area contributed by atoms with Crippen LogP contribution >= 0.6 is 23.2 Å². The third-order valence-corrected chi connectivity index (χ3v) is 3.65. The number of hydrogen-bond acceptors (Lipinski definition) is 4. The van der Waals surface area contributed by atoms with Crippen molar-refractivity contribution in [1.29, 1.82) is 0 Å². The molecule has 6 nitrogen and oxygen atoms in total. The molecule has 1 aromatic carbocycles. The van der Waals surface area contributed by atoms with Crippen LogP contribution in [0.25, 0.3) is 0 Å². The molecule has 1 heterocycles. The molecule has 0 saturated heterocycles. The summed E-state index contributed by atoms with van der Waals surface area (Å²) in [6.45, 7) is 2.24. The van der Waals surface area contributed by atoms with Crippen LogP contribution in [-0.4, -0.2) is 39.8 Å². The topological polar surface area (TPSA) is 75.2 Å². The zero-order valence-electron chi connectivity index (χ0n) is 13.0. The predicted octanol–water partition coefficient (Wildman–Crippen LogP) is 3.27. The third kappa shape index (κ3) is 4.91. The summed E-state index contributed by atoms with van der Waals surface area (Å²) in [5, 5.41) is 3.48. The minimum Gasteiger partial charge on any atom is -0.328 e. The SMILES string of the molecule is CCCN(CC(=O)Nc1ccc(Cl)cc1Cl)C(=O)c1cnccn1. The molecule has 1 N–H and O–H groups in total. The van der Waals surface area contributed by atoms with Gasteiger partial charge < -0.3 is 10.2 Å². The summed E-state index contributed by atoms with van der Waals surface area (Å²) >= 11 is 11.9. The first-order chi connectivity index (χ1) is 11.5. The lowest BCUT2D eigenvalue weighted by Gasteiger charge is -2.21. The molecule has 2 rings (SSSR count). The van der Waals surface area contributed by atoms with Crippen LogP contribution in [0.3, 0.4) is 0 Å². The van der Waals surface area contributed by atoms with Gasteiger partial charge in [-0.15, -0.1) is 0 Å². The molecule has 0 fully saturated rings. The van der Waals surface area contributed by atoms with E-state index in [1.165, 1.54) is 29.6 Å². The van der Waals surface area contributed by atoms with Crippen LogP contribution in [0.2, 0.25) is 10.0 Å². The van der Waals surface area contributed by atoms with Gasteiger partial charge in [-0.05, 0) is 24.6 Å². The van der Waals surface area contributed by atoms with Crippen molar-refractivity contribution in [1.82, 2.24) is 14.9 Å². The summed E-state index contributed by atoms with van der Waals surface area (Å²) in [5.74, 6) is -0.702. The number of carbonyl (C=O) groups excluding carboxylic acids is 2. The van der Waals surface area contributed by atoms with Gasteiger partial charge in [0.05, 0.1) is 16.9 Å². The van der Waals surface area contributed by atoms with Crippen molar-refractivity contribution in [3.05, 3.63) is 52.5 Å². The molecular formula is C16H16Cl2N4O2. The van der Waals surface area contributed by atoms with Crippen LogP contribution in [0.5, 0.6) is 0 Å². The van der Waals surface area contributed by atoms with Crippen LogP contribution in [0, 0.1) is 0 Å². The minimum atomic E-state index is -0.357. The molecule has 0 spiro atoms. The zero-order valence-corrected chi connectivity index (χ0v) is 14.5. The van der Waals surface area contributed by atoms with Gasteiger partial charge in [0, 0.05) is 24.0 Å². The van der Waals surface area contributed by atoms with Crippen molar-refractivity contribution >= 4 is 40.7 Å². The first-order valence-corrected chi connectivity index (χ1v) is 8.07. The number of halogens is 2. The maximum atomic E-state index is 12.4. The van der Waals surface area contributed by atoms with Gasteiger partial charge in [0.1, 0.15) is 12.2 Å². The molecule has 0 aliphatic carbocycles. The average molecular weight is 367 g/mol. The molecule has 126 valence electrons. The molecule has 0 saturated carbocycles. The van der Waals surface area contributed by atoms with E-state index in [2.05, 4.69) is 15.3 Å². The monoisotopic (exact) mass is 366 g/mol. The molecule has 2 aromatic rings. The molecule has 8 heteroatoms. The summed E-state index contributed by atoms with van der Waals surface area (Å²) < 4.78 is 0.